The highest BCUT2D eigenvalue weighted by molar-refractivity contribution is 6.35. The Balaban J connectivity index is 1.84. The van der Waals surface area contributed by atoms with E-state index in [0.29, 0.717) is 11.4 Å². The van der Waals surface area contributed by atoms with Gasteiger partial charge in [-0.3, -0.25) is 9.67 Å². The number of aliphatic hydroxyl groups excluding tert-OH is 1. The van der Waals surface area contributed by atoms with Gasteiger partial charge in [-0.05, 0) is 36.6 Å². The van der Waals surface area contributed by atoms with Crippen LogP contribution in [0, 0.1) is 0 Å². The molecule has 0 fully saturated rings. The van der Waals surface area contributed by atoms with Crippen molar-refractivity contribution in [2.75, 3.05) is 0 Å². The van der Waals surface area contributed by atoms with Crippen molar-refractivity contribution in [1.29, 1.82) is 0 Å². The van der Waals surface area contributed by atoms with Crippen LogP contribution in [0.25, 0.3) is 10.9 Å². The third-order valence-electron chi connectivity index (χ3n) is 3.57. The van der Waals surface area contributed by atoms with E-state index in [4.69, 9.17) is 11.6 Å². The largest absolute Gasteiger partial charge is 0.388 e. The minimum Gasteiger partial charge on any atom is -0.388 e. The van der Waals surface area contributed by atoms with Crippen molar-refractivity contribution in [1.82, 2.24) is 14.8 Å². The summed E-state index contributed by atoms with van der Waals surface area (Å²) in [6.45, 7) is 0. The van der Waals surface area contributed by atoms with Crippen LogP contribution in [-0.2, 0) is 13.5 Å². The summed E-state index contributed by atoms with van der Waals surface area (Å²) < 4.78 is 1.76. The Bertz CT molecular complexity index is 769. The third kappa shape index (κ3) is 2.91. The second-order valence-electron chi connectivity index (χ2n) is 5.11. The number of pyridine rings is 1. The fourth-order valence-electron chi connectivity index (χ4n) is 2.49. The molecule has 1 unspecified atom stereocenters. The SMILES string of the molecule is Cn1cc(CCC(O)c2ccc(Cl)c3cccnc23)cn1. The zero-order chi connectivity index (χ0) is 14.8. The van der Waals surface area contributed by atoms with E-state index in [9.17, 15) is 5.11 Å². The van der Waals surface area contributed by atoms with E-state index in [0.717, 1.165) is 28.5 Å². The number of halogens is 1. The van der Waals surface area contributed by atoms with E-state index in [1.807, 2.05) is 43.7 Å². The minimum atomic E-state index is -0.570. The van der Waals surface area contributed by atoms with Gasteiger partial charge in [-0.1, -0.05) is 17.7 Å². The quantitative estimate of drug-likeness (QED) is 0.804. The highest BCUT2D eigenvalue weighted by atomic mass is 35.5. The van der Waals surface area contributed by atoms with Crippen LogP contribution in [0.3, 0.4) is 0 Å². The lowest BCUT2D eigenvalue weighted by atomic mass is 10.00. The van der Waals surface area contributed by atoms with Crippen molar-refractivity contribution in [3.63, 3.8) is 0 Å². The van der Waals surface area contributed by atoms with Crippen molar-refractivity contribution in [3.05, 3.63) is 59.0 Å². The second-order valence-corrected chi connectivity index (χ2v) is 5.52. The molecule has 0 radical (unpaired) electrons. The first kappa shape index (κ1) is 14.0. The molecule has 2 aromatic heterocycles. The van der Waals surface area contributed by atoms with Gasteiger partial charge in [-0.2, -0.15) is 5.10 Å². The number of benzene rings is 1. The van der Waals surface area contributed by atoms with Crippen LogP contribution < -0.4 is 0 Å². The first-order valence-corrected chi connectivity index (χ1v) is 7.21. The summed E-state index contributed by atoms with van der Waals surface area (Å²) in [5.74, 6) is 0. The molecular formula is C16H16ClN3O. The number of nitrogens with zero attached hydrogens (tertiary/aromatic N) is 3. The van der Waals surface area contributed by atoms with Gasteiger partial charge in [0.25, 0.3) is 0 Å². The van der Waals surface area contributed by atoms with Gasteiger partial charge in [-0.25, -0.2) is 0 Å². The minimum absolute atomic E-state index is 0.570. The maximum atomic E-state index is 10.5. The molecule has 2 heterocycles. The predicted molar refractivity (Wildman–Crippen MR) is 83.2 cm³/mol. The molecule has 1 N–H and O–H groups in total. The van der Waals surface area contributed by atoms with Crippen LogP contribution in [0.4, 0.5) is 0 Å². The van der Waals surface area contributed by atoms with Crippen molar-refractivity contribution < 1.29 is 5.11 Å². The molecule has 0 saturated heterocycles. The molecule has 3 rings (SSSR count). The average Bonchev–Trinajstić information content (AvgIpc) is 2.91. The lowest BCUT2D eigenvalue weighted by Gasteiger charge is -2.13. The monoisotopic (exact) mass is 301 g/mol. The van der Waals surface area contributed by atoms with Crippen molar-refractivity contribution in [3.8, 4) is 0 Å². The smallest absolute Gasteiger partial charge is 0.0814 e. The number of aryl methyl sites for hydroxylation is 2. The summed E-state index contributed by atoms with van der Waals surface area (Å²) in [6, 6.07) is 7.43. The number of hydrogen-bond donors (Lipinski definition) is 1. The van der Waals surface area contributed by atoms with E-state index in [1.165, 1.54) is 0 Å². The summed E-state index contributed by atoms with van der Waals surface area (Å²) in [6.07, 6.45) is 6.33. The van der Waals surface area contributed by atoms with Crippen LogP contribution in [-0.4, -0.2) is 19.9 Å². The van der Waals surface area contributed by atoms with Crippen molar-refractivity contribution >= 4 is 22.5 Å². The van der Waals surface area contributed by atoms with Gasteiger partial charge in [0.05, 0.1) is 17.8 Å². The number of hydrogen-bond acceptors (Lipinski definition) is 3. The van der Waals surface area contributed by atoms with Gasteiger partial charge in [0.2, 0.25) is 0 Å². The van der Waals surface area contributed by atoms with E-state index in [-0.39, 0.29) is 0 Å². The molecule has 0 spiro atoms. The molecule has 0 aliphatic carbocycles. The average molecular weight is 302 g/mol. The molecule has 1 aromatic carbocycles. The Morgan fingerprint density at radius 3 is 2.95 bits per heavy atom. The Morgan fingerprint density at radius 1 is 1.33 bits per heavy atom. The van der Waals surface area contributed by atoms with Crippen LogP contribution in [0.5, 0.6) is 0 Å². The van der Waals surface area contributed by atoms with E-state index in [1.54, 1.807) is 10.9 Å². The van der Waals surface area contributed by atoms with Crippen LogP contribution in [0.2, 0.25) is 5.02 Å². The lowest BCUT2D eigenvalue weighted by molar-refractivity contribution is 0.169. The summed E-state index contributed by atoms with van der Waals surface area (Å²) in [5, 5.41) is 16.1. The van der Waals surface area contributed by atoms with Crippen LogP contribution in [0.1, 0.15) is 23.7 Å². The van der Waals surface area contributed by atoms with Crippen LogP contribution >= 0.6 is 11.6 Å². The number of rotatable bonds is 4. The fourth-order valence-corrected chi connectivity index (χ4v) is 2.70. The van der Waals surface area contributed by atoms with Gasteiger partial charge in [0.15, 0.2) is 0 Å². The molecule has 1 atom stereocenters. The van der Waals surface area contributed by atoms with Gasteiger partial charge in [-0.15, -0.1) is 0 Å². The highest BCUT2D eigenvalue weighted by Crippen LogP contribution is 2.30. The zero-order valence-electron chi connectivity index (χ0n) is 11.7. The number of aromatic nitrogens is 3. The van der Waals surface area contributed by atoms with Gasteiger partial charge < -0.3 is 5.11 Å². The van der Waals surface area contributed by atoms with E-state index >= 15 is 0 Å². The number of aliphatic hydroxyl groups is 1. The third-order valence-corrected chi connectivity index (χ3v) is 3.90. The standard InChI is InChI=1S/C16H16ClN3O/c1-20-10-11(9-19-20)4-7-15(21)13-5-6-14(17)12-3-2-8-18-16(12)13/h2-3,5-6,8-10,15,21H,4,7H2,1H3. The molecule has 3 aromatic rings. The molecule has 4 nitrogen and oxygen atoms in total. The predicted octanol–water partition coefficient (Wildman–Crippen LogP) is 3.29. The maximum Gasteiger partial charge on any atom is 0.0814 e. The maximum absolute atomic E-state index is 10.5. The van der Waals surface area contributed by atoms with Crippen molar-refractivity contribution in [2.24, 2.45) is 7.05 Å². The lowest BCUT2D eigenvalue weighted by Crippen LogP contribution is -2.01. The van der Waals surface area contributed by atoms with E-state index < -0.39 is 6.10 Å². The molecule has 0 aliphatic rings. The molecule has 0 saturated carbocycles. The molecular weight excluding hydrogens is 286 g/mol. The molecule has 0 bridgehead atoms. The Kier molecular flexibility index (Phi) is 3.90. The molecule has 108 valence electrons. The van der Waals surface area contributed by atoms with Gasteiger partial charge >= 0.3 is 0 Å². The molecule has 5 heteroatoms. The normalized spacial score (nSPS) is 12.7. The van der Waals surface area contributed by atoms with E-state index in [2.05, 4.69) is 10.1 Å². The zero-order valence-corrected chi connectivity index (χ0v) is 12.5. The van der Waals surface area contributed by atoms with Crippen LogP contribution in [0.15, 0.2) is 42.9 Å². The summed E-state index contributed by atoms with van der Waals surface area (Å²) in [7, 11) is 1.89. The molecule has 21 heavy (non-hydrogen) atoms. The summed E-state index contributed by atoms with van der Waals surface area (Å²) >= 11 is 6.18. The molecule has 0 amide bonds. The Morgan fingerprint density at radius 2 is 2.19 bits per heavy atom. The first-order chi connectivity index (χ1) is 10.1. The number of fused-ring (bicyclic) bond motifs is 1. The highest BCUT2D eigenvalue weighted by Gasteiger charge is 2.14. The topological polar surface area (TPSA) is 50.9 Å². The Hall–Kier alpha value is -1.91. The molecule has 0 aliphatic heterocycles. The van der Waals surface area contributed by atoms with Crippen molar-refractivity contribution in [2.45, 2.75) is 18.9 Å². The van der Waals surface area contributed by atoms with Gasteiger partial charge in [0, 0.05) is 35.4 Å². The summed E-state index contributed by atoms with van der Waals surface area (Å²) in [4.78, 5) is 4.36. The summed E-state index contributed by atoms with van der Waals surface area (Å²) in [5.41, 5.74) is 2.70. The Labute approximate surface area is 128 Å². The first-order valence-electron chi connectivity index (χ1n) is 6.84. The second kappa shape index (κ2) is 5.84. The van der Waals surface area contributed by atoms with Gasteiger partial charge in [0.1, 0.15) is 0 Å². The fraction of sp³-hybridized carbons (Fsp3) is 0.250.